The lowest BCUT2D eigenvalue weighted by Crippen LogP contribution is -1.96. The van der Waals surface area contributed by atoms with Crippen LogP contribution in [0.15, 0.2) is 206 Å². The maximum absolute atomic E-state index is 2.43. The van der Waals surface area contributed by atoms with Crippen LogP contribution in [0.2, 0.25) is 0 Å². The molecule has 0 bridgehead atoms. The predicted molar refractivity (Wildman–Crippen MR) is 229 cm³/mol. The fourth-order valence-electron chi connectivity index (χ4n) is 8.47. The summed E-state index contributed by atoms with van der Waals surface area (Å²) in [5.41, 5.74) is 14.4. The highest BCUT2D eigenvalue weighted by molar-refractivity contribution is 6.19. The molecular weight excluding hydrogens is 653 g/mol. The lowest BCUT2D eigenvalue weighted by atomic mass is 9.99. The third-order valence-electron chi connectivity index (χ3n) is 11.1. The quantitative estimate of drug-likeness (QED) is 0.171. The molecule has 0 atom stereocenters. The molecule has 0 radical (unpaired) electrons. The Labute approximate surface area is 313 Å². The van der Waals surface area contributed by atoms with Crippen LogP contribution in [0, 0.1) is 0 Å². The van der Waals surface area contributed by atoms with E-state index in [1.165, 1.54) is 87.8 Å². The van der Waals surface area contributed by atoms with Gasteiger partial charge in [-0.1, -0.05) is 146 Å². The van der Waals surface area contributed by atoms with Gasteiger partial charge in [0.05, 0.1) is 22.1 Å². The lowest BCUT2D eigenvalue weighted by Gasteiger charge is -2.12. The van der Waals surface area contributed by atoms with Crippen molar-refractivity contribution in [3.63, 3.8) is 0 Å². The van der Waals surface area contributed by atoms with E-state index < -0.39 is 0 Å². The second kappa shape index (κ2) is 12.2. The molecule has 0 saturated heterocycles. The zero-order chi connectivity index (χ0) is 35.6. The number of nitrogens with zero attached hydrogens (tertiary/aromatic N) is 2. The van der Waals surface area contributed by atoms with Gasteiger partial charge in [0.2, 0.25) is 0 Å². The zero-order valence-electron chi connectivity index (χ0n) is 29.5. The van der Waals surface area contributed by atoms with Crippen molar-refractivity contribution >= 4 is 54.4 Å². The Morgan fingerprint density at radius 2 is 0.667 bits per heavy atom. The molecule has 0 amide bonds. The van der Waals surface area contributed by atoms with Gasteiger partial charge in [-0.25, -0.2) is 0 Å². The van der Waals surface area contributed by atoms with Crippen molar-refractivity contribution in [3.8, 4) is 44.8 Å². The topological polar surface area (TPSA) is 9.86 Å². The van der Waals surface area contributed by atoms with Crippen LogP contribution < -0.4 is 0 Å². The van der Waals surface area contributed by atoms with Crippen molar-refractivity contribution in [2.24, 2.45) is 0 Å². The minimum absolute atomic E-state index is 1.14. The number of rotatable bonds is 5. The predicted octanol–water partition coefficient (Wildman–Crippen LogP) is 14.0. The smallest absolute Gasteiger partial charge is 0.0562 e. The van der Waals surface area contributed by atoms with E-state index in [1.54, 1.807) is 0 Å². The molecule has 9 aromatic carbocycles. The molecule has 0 aliphatic carbocycles. The van der Waals surface area contributed by atoms with Crippen molar-refractivity contribution < 1.29 is 0 Å². The maximum Gasteiger partial charge on any atom is 0.0562 e. The van der Waals surface area contributed by atoms with E-state index in [4.69, 9.17) is 0 Å². The molecule has 0 aliphatic heterocycles. The number of hydrogen-bond acceptors (Lipinski definition) is 0. The van der Waals surface area contributed by atoms with Crippen molar-refractivity contribution in [1.29, 1.82) is 0 Å². The zero-order valence-corrected chi connectivity index (χ0v) is 29.5. The van der Waals surface area contributed by atoms with E-state index in [9.17, 15) is 0 Å². The highest BCUT2D eigenvalue weighted by Crippen LogP contribution is 2.40. The summed E-state index contributed by atoms with van der Waals surface area (Å²) in [6.45, 7) is 0. The SMILES string of the molecule is c1ccc(-c2cccc(-c3ccc(-n4c5ccccc5c5cc6c7ccccc7n(-c7ccc(-c8ccc9ccccc9c8)cc7)c6cc54)cc3)c2)cc1. The summed E-state index contributed by atoms with van der Waals surface area (Å²) in [5, 5.41) is 7.54. The Kier molecular flexibility index (Phi) is 6.90. The molecule has 0 saturated carbocycles. The molecule has 2 heteroatoms. The summed E-state index contributed by atoms with van der Waals surface area (Å²) in [7, 11) is 0. The van der Waals surface area contributed by atoms with Crippen molar-refractivity contribution in [2.45, 2.75) is 0 Å². The molecule has 2 aromatic heterocycles. The van der Waals surface area contributed by atoms with Crippen molar-refractivity contribution in [1.82, 2.24) is 9.13 Å². The Morgan fingerprint density at radius 1 is 0.222 bits per heavy atom. The first-order valence-electron chi connectivity index (χ1n) is 18.6. The van der Waals surface area contributed by atoms with Gasteiger partial charge < -0.3 is 9.13 Å². The largest absolute Gasteiger partial charge is 0.309 e. The summed E-state index contributed by atoms with van der Waals surface area (Å²) in [6, 6.07) is 75.2. The highest BCUT2D eigenvalue weighted by atomic mass is 15.0. The van der Waals surface area contributed by atoms with Gasteiger partial charge in [0, 0.05) is 32.9 Å². The van der Waals surface area contributed by atoms with Crippen LogP contribution in [-0.2, 0) is 0 Å². The van der Waals surface area contributed by atoms with E-state index in [-0.39, 0.29) is 0 Å². The summed E-state index contributed by atoms with van der Waals surface area (Å²) in [4.78, 5) is 0. The maximum atomic E-state index is 2.43. The summed E-state index contributed by atoms with van der Waals surface area (Å²) in [6.07, 6.45) is 0. The van der Waals surface area contributed by atoms with E-state index in [0.29, 0.717) is 0 Å². The molecule has 2 heterocycles. The summed E-state index contributed by atoms with van der Waals surface area (Å²) in [5.74, 6) is 0. The first kappa shape index (κ1) is 30.5. The fourth-order valence-corrected chi connectivity index (χ4v) is 8.47. The highest BCUT2D eigenvalue weighted by Gasteiger charge is 2.18. The average Bonchev–Trinajstić information content (AvgIpc) is 3.75. The monoisotopic (exact) mass is 686 g/mol. The first-order valence-corrected chi connectivity index (χ1v) is 18.6. The molecule has 2 nitrogen and oxygen atoms in total. The number of hydrogen-bond donors (Lipinski definition) is 0. The molecule has 0 spiro atoms. The van der Waals surface area contributed by atoms with E-state index >= 15 is 0 Å². The molecule has 11 rings (SSSR count). The molecule has 0 unspecified atom stereocenters. The van der Waals surface area contributed by atoms with Gasteiger partial charge in [-0.3, -0.25) is 0 Å². The van der Waals surface area contributed by atoms with E-state index in [0.717, 1.165) is 11.4 Å². The van der Waals surface area contributed by atoms with Gasteiger partial charge in [-0.15, -0.1) is 0 Å². The second-order valence-corrected chi connectivity index (χ2v) is 14.2. The molecule has 0 fully saturated rings. The van der Waals surface area contributed by atoms with Gasteiger partial charge in [-0.05, 0) is 105 Å². The van der Waals surface area contributed by atoms with Gasteiger partial charge in [0.1, 0.15) is 0 Å². The third-order valence-corrected chi connectivity index (χ3v) is 11.1. The minimum Gasteiger partial charge on any atom is -0.309 e. The van der Waals surface area contributed by atoms with Gasteiger partial charge in [0.15, 0.2) is 0 Å². The van der Waals surface area contributed by atoms with Gasteiger partial charge in [0.25, 0.3) is 0 Å². The van der Waals surface area contributed by atoms with Gasteiger partial charge >= 0.3 is 0 Å². The molecule has 11 aromatic rings. The average molecular weight is 687 g/mol. The Balaban J connectivity index is 1.06. The van der Waals surface area contributed by atoms with Crippen molar-refractivity contribution in [2.75, 3.05) is 0 Å². The number of benzene rings is 9. The Morgan fingerprint density at radius 3 is 1.26 bits per heavy atom. The van der Waals surface area contributed by atoms with Crippen LogP contribution in [0.4, 0.5) is 0 Å². The van der Waals surface area contributed by atoms with Crippen LogP contribution in [0.1, 0.15) is 0 Å². The van der Waals surface area contributed by atoms with E-state index in [1.807, 2.05) is 0 Å². The fraction of sp³-hybridized carbons (Fsp3) is 0. The van der Waals surface area contributed by atoms with Crippen LogP contribution in [0.3, 0.4) is 0 Å². The molecule has 252 valence electrons. The van der Waals surface area contributed by atoms with Crippen LogP contribution in [0.25, 0.3) is 99.1 Å². The Hall–Kier alpha value is -7.16. The van der Waals surface area contributed by atoms with Crippen LogP contribution in [-0.4, -0.2) is 9.13 Å². The summed E-state index contributed by atoms with van der Waals surface area (Å²) >= 11 is 0. The number of para-hydroxylation sites is 2. The normalized spacial score (nSPS) is 11.7. The molecular formula is C52H34N2. The number of fused-ring (bicyclic) bond motifs is 7. The molecule has 0 aliphatic rings. The second-order valence-electron chi connectivity index (χ2n) is 14.2. The number of aromatic nitrogens is 2. The minimum atomic E-state index is 1.14. The van der Waals surface area contributed by atoms with Gasteiger partial charge in [-0.2, -0.15) is 0 Å². The first-order chi connectivity index (χ1) is 26.8. The Bertz CT molecular complexity index is 3180. The van der Waals surface area contributed by atoms with E-state index in [2.05, 4.69) is 215 Å². The molecule has 0 N–H and O–H groups in total. The standard InChI is InChI=1S/C52H34N2/c1-2-11-35(12-3-1)40-15-10-16-41(31-40)37-23-27-43(28-24-37)53-49-19-8-6-17-45(49)47-33-48-46-18-7-9-20-50(46)54(52(48)34-51(47)53)44-29-25-38(26-30-44)42-22-21-36-13-4-5-14-39(36)32-42/h1-34H. The lowest BCUT2D eigenvalue weighted by molar-refractivity contribution is 1.16. The third kappa shape index (κ3) is 4.88. The molecule has 54 heavy (non-hydrogen) atoms. The van der Waals surface area contributed by atoms with Crippen LogP contribution in [0.5, 0.6) is 0 Å². The summed E-state index contributed by atoms with van der Waals surface area (Å²) < 4.78 is 4.86. The van der Waals surface area contributed by atoms with Crippen molar-refractivity contribution in [3.05, 3.63) is 206 Å². The van der Waals surface area contributed by atoms with Crippen LogP contribution >= 0.6 is 0 Å².